The number of ether oxygens (including phenoxy) is 3. The molecule has 2 saturated heterocycles. The summed E-state index contributed by atoms with van der Waals surface area (Å²) in [4.78, 5) is 12.9. The van der Waals surface area contributed by atoms with Gasteiger partial charge in [-0.2, -0.15) is 4.31 Å². The molecular formula is C27H37BN2O9S. The SMILES string of the molecule is CC(C)CN(C[C@@H](O)C(Cc1ccccc1)NC(=O)O[C@H]1CO[C@H]2OCC[C@H]21)S(=O)(=O)c1ccc(B(O)O)cc1. The molecule has 0 bridgehead atoms. The molecule has 4 N–H and O–H groups in total. The van der Waals surface area contributed by atoms with Gasteiger partial charge >= 0.3 is 13.2 Å². The number of amides is 1. The van der Waals surface area contributed by atoms with Crippen LogP contribution in [0.15, 0.2) is 59.5 Å². The molecule has 1 amide bonds. The Balaban J connectivity index is 1.51. The van der Waals surface area contributed by atoms with Crippen LogP contribution in [0.1, 0.15) is 25.8 Å². The lowest BCUT2D eigenvalue weighted by atomic mass is 9.81. The summed E-state index contributed by atoms with van der Waals surface area (Å²) < 4.78 is 45.0. The molecule has 1 unspecified atom stereocenters. The van der Waals surface area contributed by atoms with Crippen LogP contribution in [-0.2, 0) is 30.7 Å². The monoisotopic (exact) mass is 576 g/mol. The van der Waals surface area contributed by atoms with Crippen molar-refractivity contribution in [2.75, 3.05) is 26.3 Å². The molecule has 40 heavy (non-hydrogen) atoms. The van der Waals surface area contributed by atoms with Gasteiger partial charge in [0.05, 0.1) is 36.2 Å². The highest BCUT2D eigenvalue weighted by atomic mass is 32.2. The van der Waals surface area contributed by atoms with Crippen LogP contribution in [0.2, 0.25) is 0 Å². The molecule has 13 heteroatoms. The Morgan fingerprint density at radius 2 is 1.80 bits per heavy atom. The topological polar surface area (TPSA) is 155 Å². The molecule has 2 aromatic rings. The molecule has 0 aliphatic carbocycles. The van der Waals surface area contributed by atoms with Crippen LogP contribution in [0.4, 0.5) is 4.79 Å². The predicted molar refractivity (Wildman–Crippen MR) is 147 cm³/mol. The molecule has 11 nitrogen and oxygen atoms in total. The van der Waals surface area contributed by atoms with Gasteiger partial charge in [0.2, 0.25) is 10.0 Å². The van der Waals surface area contributed by atoms with Gasteiger partial charge in [-0.15, -0.1) is 0 Å². The number of sulfonamides is 1. The fraction of sp³-hybridized carbons (Fsp3) is 0.519. The first-order chi connectivity index (χ1) is 19.0. The maximum absolute atomic E-state index is 13.6. The third-order valence-electron chi connectivity index (χ3n) is 7.09. The Labute approximate surface area is 235 Å². The van der Waals surface area contributed by atoms with E-state index in [2.05, 4.69) is 5.32 Å². The largest absolute Gasteiger partial charge is 0.488 e. The Morgan fingerprint density at radius 3 is 2.45 bits per heavy atom. The van der Waals surface area contributed by atoms with Crippen LogP contribution >= 0.6 is 0 Å². The summed E-state index contributed by atoms with van der Waals surface area (Å²) in [7, 11) is -5.79. The first-order valence-electron chi connectivity index (χ1n) is 13.4. The van der Waals surface area contributed by atoms with Crippen molar-refractivity contribution in [3.63, 3.8) is 0 Å². The molecule has 0 radical (unpaired) electrons. The standard InChI is InChI=1S/C27H37BN2O9S/c1-18(2)15-30(40(35,36)21-10-8-20(9-11-21)28(33)34)16-24(31)23(14-19-6-4-3-5-7-19)29-27(32)39-25-17-38-26-22(25)12-13-37-26/h3-11,18,22-26,31,33-34H,12-17H2,1-2H3,(H,29,32)/t22-,23?,24+,25-,26+/m0/s1. The van der Waals surface area contributed by atoms with Crippen LogP contribution in [0.3, 0.4) is 0 Å². The first-order valence-corrected chi connectivity index (χ1v) is 14.9. The maximum Gasteiger partial charge on any atom is 0.488 e. The Hall–Kier alpha value is -2.52. The molecular weight excluding hydrogens is 539 g/mol. The van der Waals surface area contributed by atoms with Gasteiger partial charge in [0.15, 0.2) is 6.29 Å². The molecule has 0 spiro atoms. The van der Waals surface area contributed by atoms with Crippen molar-refractivity contribution in [1.29, 1.82) is 0 Å². The molecule has 2 aromatic carbocycles. The van der Waals surface area contributed by atoms with Crippen molar-refractivity contribution in [3.05, 3.63) is 60.2 Å². The molecule has 2 heterocycles. The lowest BCUT2D eigenvalue weighted by molar-refractivity contribution is -0.0907. The molecule has 2 fully saturated rings. The highest BCUT2D eigenvalue weighted by Gasteiger charge is 2.44. The average molecular weight is 576 g/mol. The van der Waals surface area contributed by atoms with E-state index in [9.17, 15) is 28.4 Å². The number of rotatable bonds is 12. The normalized spacial score (nSPS) is 22.2. The number of nitrogens with one attached hydrogen (secondary N) is 1. The molecule has 2 aliphatic heterocycles. The van der Waals surface area contributed by atoms with E-state index in [1.165, 1.54) is 28.6 Å². The van der Waals surface area contributed by atoms with Gasteiger partial charge in [-0.25, -0.2) is 13.2 Å². The average Bonchev–Trinajstić information content (AvgIpc) is 3.53. The van der Waals surface area contributed by atoms with Gasteiger partial charge in [-0.05, 0) is 41.9 Å². The number of hydrogen-bond donors (Lipinski definition) is 4. The lowest BCUT2D eigenvalue weighted by Crippen LogP contribution is -2.51. The van der Waals surface area contributed by atoms with Crippen LogP contribution in [0.25, 0.3) is 0 Å². The third kappa shape index (κ3) is 7.61. The van der Waals surface area contributed by atoms with Crippen LogP contribution < -0.4 is 10.8 Å². The van der Waals surface area contributed by atoms with Gasteiger partial charge in [0.1, 0.15) is 6.10 Å². The highest BCUT2D eigenvalue weighted by Crippen LogP contribution is 2.33. The van der Waals surface area contributed by atoms with E-state index in [0.717, 1.165) is 12.0 Å². The smallest absolute Gasteiger partial charge is 0.443 e. The summed E-state index contributed by atoms with van der Waals surface area (Å²) >= 11 is 0. The number of carbonyl (C=O) groups is 1. The van der Waals surface area contributed by atoms with Crippen molar-refractivity contribution >= 4 is 28.7 Å². The lowest BCUT2D eigenvalue weighted by Gasteiger charge is -2.31. The zero-order valence-electron chi connectivity index (χ0n) is 22.6. The summed E-state index contributed by atoms with van der Waals surface area (Å²) in [6.45, 7) is 4.32. The number of aliphatic hydroxyl groups excluding tert-OH is 1. The summed E-state index contributed by atoms with van der Waals surface area (Å²) in [5, 5.41) is 32.8. The van der Waals surface area contributed by atoms with E-state index in [1.54, 1.807) is 0 Å². The van der Waals surface area contributed by atoms with E-state index >= 15 is 0 Å². The van der Waals surface area contributed by atoms with Crippen LogP contribution in [0.5, 0.6) is 0 Å². The van der Waals surface area contributed by atoms with Gasteiger partial charge in [0.25, 0.3) is 0 Å². The highest BCUT2D eigenvalue weighted by molar-refractivity contribution is 7.89. The van der Waals surface area contributed by atoms with E-state index in [0.29, 0.717) is 6.61 Å². The molecule has 0 aromatic heterocycles. The number of aliphatic hydroxyl groups is 1. The molecule has 2 aliphatic rings. The minimum atomic E-state index is -4.06. The summed E-state index contributed by atoms with van der Waals surface area (Å²) in [6, 6.07) is 13.6. The van der Waals surface area contributed by atoms with Crippen molar-refractivity contribution in [3.8, 4) is 0 Å². The Morgan fingerprint density at radius 1 is 1.10 bits per heavy atom. The number of nitrogens with zero attached hydrogens (tertiary/aromatic N) is 1. The van der Waals surface area contributed by atoms with Crippen molar-refractivity contribution in [1.82, 2.24) is 9.62 Å². The molecule has 4 rings (SSSR count). The first kappa shape index (κ1) is 30.4. The van der Waals surface area contributed by atoms with Crippen LogP contribution in [-0.4, -0.2) is 91.9 Å². The van der Waals surface area contributed by atoms with E-state index in [-0.39, 0.29) is 54.6 Å². The van der Waals surface area contributed by atoms with Crippen molar-refractivity contribution in [2.24, 2.45) is 11.8 Å². The minimum Gasteiger partial charge on any atom is -0.443 e. The van der Waals surface area contributed by atoms with Gasteiger partial charge < -0.3 is 34.7 Å². The maximum atomic E-state index is 13.6. The molecule has 218 valence electrons. The van der Waals surface area contributed by atoms with E-state index in [4.69, 9.17) is 14.2 Å². The predicted octanol–water partition coefficient (Wildman–Crippen LogP) is 0.473. The summed E-state index contributed by atoms with van der Waals surface area (Å²) in [5.41, 5.74) is 1.000. The van der Waals surface area contributed by atoms with E-state index in [1.807, 2.05) is 44.2 Å². The zero-order chi connectivity index (χ0) is 28.9. The third-order valence-corrected chi connectivity index (χ3v) is 8.93. The Bertz CT molecular complexity index is 1210. The van der Waals surface area contributed by atoms with Gasteiger partial charge in [0, 0.05) is 13.1 Å². The number of alkyl carbamates (subject to hydrolysis) is 1. The minimum absolute atomic E-state index is 0.0479. The van der Waals surface area contributed by atoms with E-state index < -0.39 is 41.5 Å². The fourth-order valence-electron chi connectivity index (χ4n) is 5.00. The molecule has 0 saturated carbocycles. The second kappa shape index (κ2) is 13.4. The second-order valence-electron chi connectivity index (χ2n) is 10.6. The number of benzene rings is 2. The number of carbonyl (C=O) groups excluding carboxylic acids is 1. The fourth-order valence-corrected chi connectivity index (χ4v) is 6.62. The second-order valence-corrected chi connectivity index (χ2v) is 12.6. The molecule has 5 atom stereocenters. The summed E-state index contributed by atoms with van der Waals surface area (Å²) in [6.07, 6.45) is -1.89. The zero-order valence-corrected chi connectivity index (χ0v) is 23.4. The quantitative estimate of drug-likeness (QED) is 0.264. The van der Waals surface area contributed by atoms with Gasteiger partial charge in [-0.3, -0.25) is 0 Å². The van der Waals surface area contributed by atoms with Crippen molar-refractivity contribution < 1.29 is 42.6 Å². The summed E-state index contributed by atoms with van der Waals surface area (Å²) in [5.74, 6) is -0.108. The van der Waals surface area contributed by atoms with Crippen LogP contribution in [0, 0.1) is 11.8 Å². The van der Waals surface area contributed by atoms with Crippen molar-refractivity contribution in [2.45, 2.75) is 56.1 Å². The van der Waals surface area contributed by atoms with Gasteiger partial charge in [-0.1, -0.05) is 56.3 Å². The number of hydrogen-bond acceptors (Lipinski definition) is 9. The number of fused-ring (bicyclic) bond motifs is 1. The Kier molecular flexibility index (Phi) is 10.2.